The first-order valence-electron chi connectivity index (χ1n) is 13.0. The Hall–Kier alpha value is -3.00. The summed E-state index contributed by atoms with van der Waals surface area (Å²) in [7, 11) is 0. The number of aliphatic hydroxyl groups is 1. The van der Waals surface area contributed by atoms with E-state index in [1.54, 1.807) is 10.6 Å². The van der Waals surface area contributed by atoms with E-state index in [-0.39, 0.29) is 17.5 Å². The molecular formula is C28H30F2N4O2. The van der Waals surface area contributed by atoms with Crippen LogP contribution in [0.15, 0.2) is 42.7 Å². The third-order valence-corrected chi connectivity index (χ3v) is 9.03. The molecular weight excluding hydrogens is 462 g/mol. The van der Waals surface area contributed by atoms with Crippen LogP contribution >= 0.6 is 0 Å². The number of fused-ring (bicyclic) bond motifs is 1. The minimum absolute atomic E-state index is 0.181. The van der Waals surface area contributed by atoms with E-state index in [4.69, 9.17) is 0 Å². The van der Waals surface area contributed by atoms with Gasteiger partial charge in [0, 0.05) is 23.8 Å². The molecule has 6 nitrogen and oxygen atoms in total. The molecule has 2 aromatic heterocycles. The van der Waals surface area contributed by atoms with Crippen LogP contribution in [-0.2, 0) is 0 Å². The summed E-state index contributed by atoms with van der Waals surface area (Å²) < 4.78 is 30.3. The predicted octanol–water partition coefficient (Wildman–Crippen LogP) is 4.77. The minimum atomic E-state index is -0.652. The van der Waals surface area contributed by atoms with E-state index in [1.807, 2.05) is 18.3 Å². The van der Waals surface area contributed by atoms with Crippen LogP contribution in [0.4, 0.5) is 14.5 Å². The quantitative estimate of drug-likeness (QED) is 0.551. The molecule has 2 N–H and O–H groups in total. The van der Waals surface area contributed by atoms with Gasteiger partial charge in [-0.3, -0.25) is 9.20 Å². The molecule has 5 aliphatic rings. The number of nitrogens with one attached hydrogen (secondary N) is 1. The van der Waals surface area contributed by atoms with Crippen LogP contribution in [-0.4, -0.2) is 38.1 Å². The first-order chi connectivity index (χ1) is 17.3. The Morgan fingerprint density at radius 1 is 1.11 bits per heavy atom. The lowest BCUT2D eigenvalue weighted by atomic mass is 9.51. The molecule has 8 rings (SSSR count). The summed E-state index contributed by atoms with van der Waals surface area (Å²) in [6.07, 6.45) is 10.4. The number of hydrogen-bond donors (Lipinski definition) is 2. The molecule has 5 atom stereocenters. The van der Waals surface area contributed by atoms with Crippen LogP contribution in [0.5, 0.6) is 0 Å². The van der Waals surface area contributed by atoms with Crippen LogP contribution in [0, 0.1) is 23.5 Å². The van der Waals surface area contributed by atoms with Crippen molar-refractivity contribution >= 4 is 17.2 Å². The van der Waals surface area contributed by atoms with Gasteiger partial charge in [0.25, 0.3) is 5.91 Å². The highest BCUT2D eigenvalue weighted by Crippen LogP contribution is 2.57. The van der Waals surface area contributed by atoms with Crippen molar-refractivity contribution < 1.29 is 18.7 Å². The molecule has 4 saturated carbocycles. The van der Waals surface area contributed by atoms with Gasteiger partial charge in [-0.25, -0.2) is 13.8 Å². The molecule has 4 aliphatic carbocycles. The van der Waals surface area contributed by atoms with Crippen LogP contribution in [0.1, 0.15) is 73.5 Å². The highest BCUT2D eigenvalue weighted by atomic mass is 19.1. The van der Waals surface area contributed by atoms with E-state index in [0.717, 1.165) is 56.7 Å². The number of pyridine rings is 1. The van der Waals surface area contributed by atoms with Crippen LogP contribution in [0.25, 0.3) is 5.65 Å². The second-order valence-corrected chi connectivity index (χ2v) is 11.7. The average molecular weight is 493 g/mol. The van der Waals surface area contributed by atoms with E-state index < -0.39 is 17.2 Å². The van der Waals surface area contributed by atoms with Gasteiger partial charge in [-0.05, 0) is 93.5 Å². The third-order valence-electron chi connectivity index (χ3n) is 9.03. The van der Waals surface area contributed by atoms with Crippen molar-refractivity contribution in [1.29, 1.82) is 0 Å². The zero-order valence-electron chi connectivity index (χ0n) is 20.1. The molecule has 1 aromatic carbocycles. The number of aromatic nitrogens is 2. The second-order valence-electron chi connectivity index (χ2n) is 11.7. The number of nitrogens with zero attached hydrogens (tertiary/aromatic N) is 3. The Balaban J connectivity index is 1.19. The van der Waals surface area contributed by atoms with Crippen molar-refractivity contribution in [2.24, 2.45) is 11.8 Å². The van der Waals surface area contributed by atoms with Crippen molar-refractivity contribution in [2.45, 2.75) is 68.5 Å². The first-order valence-corrected chi connectivity index (χ1v) is 13.0. The van der Waals surface area contributed by atoms with E-state index in [2.05, 4.69) is 15.2 Å². The van der Waals surface area contributed by atoms with Crippen LogP contribution in [0.3, 0.4) is 0 Å². The topological polar surface area (TPSA) is 69.9 Å². The number of carbonyl (C=O) groups excluding carboxylic acids is 1. The summed E-state index contributed by atoms with van der Waals surface area (Å²) in [5, 5.41) is 14.4. The summed E-state index contributed by atoms with van der Waals surface area (Å²) >= 11 is 0. The molecule has 36 heavy (non-hydrogen) atoms. The SMILES string of the molecule is O=C(NC12C[C@@H]3C[C@@H](CC(O)(C3)C1)C2)c1cnc2ccc(N3CCC[C@@H]3c3cc(F)ccc3F)cn12. The van der Waals surface area contributed by atoms with E-state index in [1.165, 1.54) is 12.1 Å². The van der Waals surface area contributed by atoms with Gasteiger partial charge in [-0.15, -0.1) is 0 Å². The van der Waals surface area contributed by atoms with Gasteiger partial charge in [-0.2, -0.15) is 0 Å². The molecule has 1 amide bonds. The average Bonchev–Trinajstić information content (AvgIpc) is 3.45. The normalized spacial score (nSPS) is 33.0. The molecule has 5 fully saturated rings. The summed E-state index contributed by atoms with van der Waals surface area (Å²) in [5.74, 6) is -0.0911. The molecule has 188 valence electrons. The molecule has 3 aromatic rings. The number of rotatable bonds is 4. The summed E-state index contributed by atoms with van der Waals surface area (Å²) in [5.41, 5.74) is 1.29. The highest BCUT2D eigenvalue weighted by molar-refractivity contribution is 5.94. The summed E-state index contributed by atoms with van der Waals surface area (Å²) in [6, 6.07) is 7.12. The Kier molecular flexibility index (Phi) is 4.78. The Bertz CT molecular complexity index is 1360. The van der Waals surface area contributed by atoms with Gasteiger partial charge >= 0.3 is 0 Å². The fraction of sp³-hybridized carbons (Fsp3) is 0.500. The van der Waals surface area contributed by atoms with Crippen molar-refractivity contribution in [1.82, 2.24) is 14.7 Å². The Labute approximate surface area is 208 Å². The smallest absolute Gasteiger partial charge is 0.270 e. The zero-order valence-corrected chi connectivity index (χ0v) is 20.1. The van der Waals surface area contributed by atoms with E-state index in [9.17, 15) is 18.7 Å². The fourth-order valence-electron chi connectivity index (χ4n) is 8.14. The first kappa shape index (κ1) is 22.2. The minimum Gasteiger partial charge on any atom is -0.390 e. The van der Waals surface area contributed by atoms with Crippen molar-refractivity contribution in [3.05, 3.63) is 65.6 Å². The second kappa shape index (κ2) is 7.75. The number of amides is 1. The maximum Gasteiger partial charge on any atom is 0.270 e. The Morgan fingerprint density at radius 2 is 1.92 bits per heavy atom. The van der Waals surface area contributed by atoms with Crippen molar-refractivity contribution in [3.8, 4) is 0 Å². The molecule has 2 unspecified atom stereocenters. The van der Waals surface area contributed by atoms with E-state index >= 15 is 0 Å². The van der Waals surface area contributed by atoms with Gasteiger partial charge in [0.05, 0.1) is 23.5 Å². The predicted molar refractivity (Wildman–Crippen MR) is 131 cm³/mol. The van der Waals surface area contributed by atoms with Gasteiger partial charge in [0.15, 0.2) is 0 Å². The fourth-order valence-corrected chi connectivity index (χ4v) is 8.14. The molecule has 8 heteroatoms. The van der Waals surface area contributed by atoms with Crippen molar-refractivity contribution in [3.63, 3.8) is 0 Å². The molecule has 0 radical (unpaired) electrons. The van der Waals surface area contributed by atoms with E-state index in [0.29, 0.717) is 41.7 Å². The largest absolute Gasteiger partial charge is 0.390 e. The maximum absolute atomic E-state index is 14.6. The third kappa shape index (κ3) is 3.52. The number of imidazole rings is 1. The van der Waals surface area contributed by atoms with Crippen molar-refractivity contribution in [2.75, 3.05) is 11.4 Å². The van der Waals surface area contributed by atoms with Gasteiger partial charge in [0.2, 0.25) is 0 Å². The monoisotopic (exact) mass is 492 g/mol. The molecule has 3 heterocycles. The van der Waals surface area contributed by atoms with Crippen LogP contribution < -0.4 is 10.2 Å². The molecule has 1 aliphatic heterocycles. The number of carbonyl (C=O) groups is 1. The maximum atomic E-state index is 14.6. The van der Waals surface area contributed by atoms with Gasteiger partial charge < -0.3 is 15.3 Å². The lowest BCUT2D eigenvalue weighted by Crippen LogP contribution is -2.65. The summed E-state index contributed by atoms with van der Waals surface area (Å²) in [6.45, 7) is 0.715. The lowest BCUT2D eigenvalue weighted by Gasteiger charge is -2.60. The number of anilines is 1. The molecule has 4 bridgehead atoms. The number of halogens is 2. The molecule has 1 saturated heterocycles. The van der Waals surface area contributed by atoms with Gasteiger partial charge in [-0.1, -0.05) is 0 Å². The lowest BCUT2D eigenvalue weighted by molar-refractivity contribution is -0.139. The number of benzene rings is 1. The van der Waals surface area contributed by atoms with Crippen LogP contribution in [0.2, 0.25) is 0 Å². The van der Waals surface area contributed by atoms with Gasteiger partial charge in [0.1, 0.15) is 23.0 Å². The summed E-state index contributed by atoms with van der Waals surface area (Å²) in [4.78, 5) is 20.1. The Morgan fingerprint density at radius 3 is 2.69 bits per heavy atom. The zero-order chi connectivity index (χ0) is 24.7. The standard InChI is InChI=1S/C28H30F2N4O2/c29-19-3-5-22(30)21(9-19)23-2-1-7-33(23)20-4-6-25-31-14-24(34(25)15-20)26(35)32-27-10-17-8-18(11-27)13-28(36,12-17)16-27/h3-6,9,14-15,17-18,23,36H,1-2,7-8,10-13,16H2,(H,32,35)/t17-,18+,23-,27?,28?/m1/s1. The molecule has 0 spiro atoms. The highest BCUT2D eigenvalue weighted by Gasteiger charge is 2.57. The number of hydrogen-bond acceptors (Lipinski definition) is 4.